The third-order valence-electron chi connectivity index (χ3n) is 5.02. The zero-order valence-corrected chi connectivity index (χ0v) is 18.1. The molecule has 1 fully saturated rings. The highest BCUT2D eigenvalue weighted by Crippen LogP contribution is 2.30. The lowest BCUT2D eigenvalue weighted by atomic mass is 10.1. The van der Waals surface area contributed by atoms with Gasteiger partial charge in [-0.2, -0.15) is 5.10 Å². The Bertz CT molecular complexity index is 1110. The number of nitro benzene ring substituents is 1. The summed E-state index contributed by atoms with van der Waals surface area (Å²) in [5.74, 6) is 0.0613. The number of morpholine rings is 1. The van der Waals surface area contributed by atoms with Crippen molar-refractivity contribution in [2.75, 3.05) is 36.5 Å². The van der Waals surface area contributed by atoms with E-state index in [1.807, 2.05) is 29.2 Å². The fourth-order valence-corrected chi connectivity index (χ4v) is 3.83. The van der Waals surface area contributed by atoms with Crippen LogP contribution in [0.3, 0.4) is 0 Å². The number of benzene rings is 2. The Morgan fingerprint density at radius 2 is 1.97 bits per heavy atom. The van der Waals surface area contributed by atoms with Crippen LogP contribution in [0.5, 0.6) is 0 Å². The minimum atomic E-state index is -0.460. The molecule has 4 rings (SSSR count). The van der Waals surface area contributed by atoms with Crippen molar-refractivity contribution in [2.45, 2.75) is 6.54 Å². The predicted octanol–water partition coefficient (Wildman–Crippen LogP) is 3.69. The Hall–Kier alpha value is -3.24. The molecule has 1 aliphatic heterocycles. The zero-order chi connectivity index (χ0) is 21.8. The van der Waals surface area contributed by atoms with E-state index in [9.17, 15) is 14.9 Å². The first-order valence-electron chi connectivity index (χ1n) is 9.70. The average molecular weight is 486 g/mol. The number of halogens is 1. The van der Waals surface area contributed by atoms with Gasteiger partial charge in [-0.15, -0.1) is 0 Å². The number of nitrogens with zero attached hydrogens (tertiary/aromatic N) is 4. The van der Waals surface area contributed by atoms with Gasteiger partial charge in [-0.25, -0.2) is 4.68 Å². The van der Waals surface area contributed by atoms with E-state index in [1.165, 1.54) is 6.07 Å². The molecule has 0 unspecified atom stereocenters. The van der Waals surface area contributed by atoms with Gasteiger partial charge in [0.15, 0.2) is 0 Å². The van der Waals surface area contributed by atoms with Crippen LogP contribution in [0.4, 0.5) is 17.2 Å². The van der Waals surface area contributed by atoms with Crippen LogP contribution < -0.4 is 10.2 Å². The second kappa shape index (κ2) is 9.27. The first-order chi connectivity index (χ1) is 15.0. The molecule has 10 heteroatoms. The van der Waals surface area contributed by atoms with E-state index in [4.69, 9.17) is 4.74 Å². The minimum absolute atomic E-state index is 0.101. The van der Waals surface area contributed by atoms with Gasteiger partial charge in [-0.05, 0) is 23.8 Å². The highest BCUT2D eigenvalue weighted by Gasteiger charge is 2.23. The summed E-state index contributed by atoms with van der Waals surface area (Å²) >= 11 is 3.51. The molecule has 0 bridgehead atoms. The van der Waals surface area contributed by atoms with E-state index in [0.29, 0.717) is 44.4 Å². The van der Waals surface area contributed by atoms with Crippen molar-refractivity contribution in [1.29, 1.82) is 0 Å². The van der Waals surface area contributed by atoms with Crippen molar-refractivity contribution in [3.8, 4) is 0 Å². The number of nitro groups is 1. The van der Waals surface area contributed by atoms with Crippen LogP contribution >= 0.6 is 15.9 Å². The molecule has 0 atom stereocenters. The number of rotatable bonds is 6. The fraction of sp³-hybridized carbons (Fsp3) is 0.238. The molecule has 1 N–H and O–H groups in total. The number of anilines is 2. The van der Waals surface area contributed by atoms with Crippen LogP contribution in [0, 0.1) is 10.1 Å². The number of ether oxygens (including phenoxy) is 1. The van der Waals surface area contributed by atoms with Crippen LogP contribution in [-0.4, -0.2) is 46.9 Å². The molecule has 1 amide bonds. The molecular formula is C21H20BrN5O4. The quantitative estimate of drug-likeness (QED) is 0.421. The molecule has 0 spiro atoms. The standard InChI is InChI=1S/C21H20BrN5O4/c22-17-4-2-1-3-16(17)14-26-20(7-8-23-26)24-21(28)15-5-6-18(19(13-15)27(29)30)25-9-11-31-12-10-25/h1-8,13H,9-12,14H2,(H,24,28). The van der Waals surface area contributed by atoms with Crippen LogP contribution in [0.1, 0.15) is 15.9 Å². The van der Waals surface area contributed by atoms with E-state index in [0.717, 1.165) is 10.0 Å². The Balaban J connectivity index is 1.54. The van der Waals surface area contributed by atoms with Gasteiger partial charge < -0.3 is 15.0 Å². The molecule has 1 aromatic heterocycles. The third kappa shape index (κ3) is 4.75. The topological polar surface area (TPSA) is 103 Å². The molecule has 0 radical (unpaired) electrons. The first kappa shape index (κ1) is 21.0. The maximum Gasteiger partial charge on any atom is 0.293 e. The van der Waals surface area contributed by atoms with Crippen molar-refractivity contribution in [3.63, 3.8) is 0 Å². The number of hydrogen-bond donors (Lipinski definition) is 1. The number of carbonyl (C=O) groups is 1. The predicted molar refractivity (Wildman–Crippen MR) is 120 cm³/mol. The Kier molecular flexibility index (Phi) is 6.28. The van der Waals surface area contributed by atoms with E-state index in [-0.39, 0.29) is 11.3 Å². The summed E-state index contributed by atoms with van der Waals surface area (Å²) in [6, 6.07) is 14.0. The maximum atomic E-state index is 12.8. The fourth-order valence-electron chi connectivity index (χ4n) is 3.42. The Morgan fingerprint density at radius 3 is 2.71 bits per heavy atom. The summed E-state index contributed by atoms with van der Waals surface area (Å²) in [5, 5.41) is 18.7. The van der Waals surface area contributed by atoms with E-state index < -0.39 is 10.8 Å². The first-order valence-corrected chi connectivity index (χ1v) is 10.5. The number of amides is 1. The van der Waals surface area contributed by atoms with Gasteiger partial charge in [0.1, 0.15) is 11.5 Å². The van der Waals surface area contributed by atoms with Crippen molar-refractivity contribution in [1.82, 2.24) is 9.78 Å². The lowest BCUT2D eigenvalue weighted by Gasteiger charge is -2.28. The van der Waals surface area contributed by atoms with Gasteiger partial charge in [0, 0.05) is 35.3 Å². The minimum Gasteiger partial charge on any atom is -0.378 e. The Morgan fingerprint density at radius 1 is 1.19 bits per heavy atom. The van der Waals surface area contributed by atoms with E-state index in [1.54, 1.807) is 29.1 Å². The summed E-state index contributed by atoms with van der Waals surface area (Å²) in [4.78, 5) is 25.9. The van der Waals surface area contributed by atoms with Crippen LogP contribution in [0.2, 0.25) is 0 Å². The van der Waals surface area contributed by atoms with Crippen molar-refractivity contribution in [2.24, 2.45) is 0 Å². The molecule has 2 aromatic carbocycles. The second-order valence-electron chi connectivity index (χ2n) is 6.98. The van der Waals surface area contributed by atoms with Gasteiger partial charge in [0.2, 0.25) is 0 Å². The molecular weight excluding hydrogens is 466 g/mol. The summed E-state index contributed by atoms with van der Waals surface area (Å²) in [5.41, 5.74) is 1.60. The van der Waals surface area contributed by atoms with E-state index in [2.05, 4.69) is 26.3 Å². The summed E-state index contributed by atoms with van der Waals surface area (Å²) in [6.45, 7) is 2.63. The molecule has 0 saturated carbocycles. The van der Waals surface area contributed by atoms with Crippen molar-refractivity contribution < 1.29 is 14.5 Å². The summed E-state index contributed by atoms with van der Waals surface area (Å²) in [7, 11) is 0. The molecule has 9 nitrogen and oxygen atoms in total. The zero-order valence-electron chi connectivity index (χ0n) is 16.5. The monoisotopic (exact) mass is 485 g/mol. The Labute approximate surface area is 186 Å². The summed E-state index contributed by atoms with van der Waals surface area (Å²) in [6.07, 6.45) is 1.59. The SMILES string of the molecule is O=C(Nc1ccnn1Cc1ccccc1Br)c1ccc(N2CCOCC2)c([N+](=O)[O-])c1. The molecule has 3 aromatic rings. The van der Waals surface area contributed by atoms with Gasteiger partial charge in [0.25, 0.3) is 11.6 Å². The average Bonchev–Trinajstić information content (AvgIpc) is 3.22. The van der Waals surface area contributed by atoms with Gasteiger partial charge in [-0.1, -0.05) is 34.1 Å². The number of aromatic nitrogens is 2. The second-order valence-corrected chi connectivity index (χ2v) is 7.83. The van der Waals surface area contributed by atoms with Crippen LogP contribution in [-0.2, 0) is 11.3 Å². The van der Waals surface area contributed by atoms with Gasteiger partial charge in [0.05, 0.1) is 30.9 Å². The molecule has 1 aliphatic rings. The molecule has 1 saturated heterocycles. The van der Waals surface area contributed by atoms with E-state index >= 15 is 0 Å². The number of nitrogens with one attached hydrogen (secondary N) is 1. The lowest BCUT2D eigenvalue weighted by Crippen LogP contribution is -2.36. The normalized spacial score (nSPS) is 13.8. The molecule has 160 valence electrons. The van der Waals surface area contributed by atoms with Crippen molar-refractivity contribution in [3.05, 3.63) is 80.4 Å². The van der Waals surface area contributed by atoms with Crippen molar-refractivity contribution >= 4 is 39.0 Å². The molecule has 2 heterocycles. The number of carbonyl (C=O) groups excluding carboxylic acids is 1. The number of hydrogen-bond acceptors (Lipinski definition) is 6. The maximum absolute atomic E-state index is 12.8. The molecule has 31 heavy (non-hydrogen) atoms. The smallest absolute Gasteiger partial charge is 0.293 e. The van der Waals surface area contributed by atoms with Gasteiger partial charge >= 0.3 is 0 Å². The highest BCUT2D eigenvalue weighted by molar-refractivity contribution is 9.10. The van der Waals surface area contributed by atoms with Gasteiger partial charge in [-0.3, -0.25) is 14.9 Å². The lowest BCUT2D eigenvalue weighted by molar-refractivity contribution is -0.384. The summed E-state index contributed by atoms with van der Waals surface area (Å²) < 4.78 is 7.92. The molecule has 0 aliphatic carbocycles. The van der Waals surface area contributed by atoms with Crippen LogP contribution in [0.15, 0.2) is 59.2 Å². The highest BCUT2D eigenvalue weighted by atomic mass is 79.9. The largest absolute Gasteiger partial charge is 0.378 e. The van der Waals surface area contributed by atoms with Crippen LogP contribution in [0.25, 0.3) is 0 Å². The third-order valence-corrected chi connectivity index (χ3v) is 5.80.